The minimum atomic E-state index is -4.35. The van der Waals surface area contributed by atoms with Crippen LogP contribution in [-0.2, 0) is 0 Å². The molecule has 0 aliphatic carbocycles. The average molecular weight is 382 g/mol. The fourth-order valence-electron chi connectivity index (χ4n) is 3.20. The molecule has 1 rings (SSSR count). The second-order valence-corrected chi connectivity index (χ2v) is 7.08. The first-order valence-corrected chi connectivity index (χ1v) is 9.98. The molecule has 0 atom stereocenters. The lowest BCUT2D eigenvalue weighted by molar-refractivity contribution is -0.0884. The van der Waals surface area contributed by atoms with Crippen molar-refractivity contribution in [3.63, 3.8) is 0 Å². The summed E-state index contributed by atoms with van der Waals surface area (Å²) in [6.45, 7) is 8.62. The van der Waals surface area contributed by atoms with E-state index >= 15 is 0 Å². The number of halogens is 3. The molecule has 27 heavy (non-hydrogen) atoms. The van der Waals surface area contributed by atoms with Crippen LogP contribution < -0.4 is 0 Å². The molecule has 0 aromatic carbocycles. The van der Waals surface area contributed by atoms with Crippen molar-refractivity contribution in [3.05, 3.63) is 58.4 Å². The number of likely N-dealkylation sites (tertiary alicyclic amines) is 1. The van der Waals surface area contributed by atoms with Crippen molar-refractivity contribution in [1.29, 1.82) is 0 Å². The van der Waals surface area contributed by atoms with Gasteiger partial charge in [0.2, 0.25) is 0 Å². The van der Waals surface area contributed by atoms with Crippen LogP contribution in [-0.4, -0.2) is 24.7 Å². The van der Waals surface area contributed by atoms with Crippen molar-refractivity contribution >= 4 is 0 Å². The van der Waals surface area contributed by atoms with Gasteiger partial charge < -0.3 is 4.90 Å². The molecule has 0 amide bonds. The molecule has 0 aromatic rings. The molecule has 152 valence electrons. The van der Waals surface area contributed by atoms with Crippen molar-refractivity contribution in [1.82, 2.24) is 4.90 Å². The van der Waals surface area contributed by atoms with Gasteiger partial charge in [-0.2, -0.15) is 13.2 Å². The zero-order valence-electron chi connectivity index (χ0n) is 17.4. The summed E-state index contributed by atoms with van der Waals surface area (Å²) in [4.78, 5) is 2.25. The predicted octanol–water partition coefficient (Wildman–Crippen LogP) is 7.50. The van der Waals surface area contributed by atoms with Gasteiger partial charge in [0.25, 0.3) is 0 Å². The third-order valence-corrected chi connectivity index (χ3v) is 4.94. The van der Waals surface area contributed by atoms with Gasteiger partial charge in [0, 0.05) is 19.3 Å². The van der Waals surface area contributed by atoms with Crippen molar-refractivity contribution in [2.75, 3.05) is 13.6 Å². The number of hydrogen-bond acceptors (Lipinski definition) is 1. The Morgan fingerprint density at radius 2 is 1.85 bits per heavy atom. The second-order valence-electron chi connectivity index (χ2n) is 7.08. The maximum absolute atomic E-state index is 13.5. The molecule has 1 aliphatic heterocycles. The van der Waals surface area contributed by atoms with Gasteiger partial charge in [0.1, 0.15) is 0 Å². The highest BCUT2D eigenvalue weighted by Gasteiger charge is 2.32. The molecular formula is C23H34F3N. The second kappa shape index (κ2) is 11.2. The molecule has 1 nitrogen and oxygen atoms in total. The molecule has 4 heteroatoms. The highest BCUT2D eigenvalue weighted by atomic mass is 19.4. The van der Waals surface area contributed by atoms with Gasteiger partial charge in [-0.1, -0.05) is 44.1 Å². The van der Waals surface area contributed by atoms with Crippen LogP contribution in [0.15, 0.2) is 58.4 Å². The fraction of sp³-hybridized carbons (Fsp3) is 0.565. The minimum Gasteiger partial charge on any atom is -0.378 e. The van der Waals surface area contributed by atoms with Crippen molar-refractivity contribution in [2.24, 2.45) is 0 Å². The van der Waals surface area contributed by atoms with Gasteiger partial charge in [0.05, 0.1) is 5.57 Å². The largest absolute Gasteiger partial charge is 0.416 e. The summed E-state index contributed by atoms with van der Waals surface area (Å²) in [5.74, 6) is 0. The molecule has 0 bridgehead atoms. The lowest BCUT2D eigenvalue weighted by Crippen LogP contribution is -2.17. The average Bonchev–Trinajstić information content (AvgIpc) is 2.81. The van der Waals surface area contributed by atoms with Gasteiger partial charge in [0.15, 0.2) is 0 Å². The van der Waals surface area contributed by atoms with Gasteiger partial charge in [-0.15, -0.1) is 0 Å². The summed E-state index contributed by atoms with van der Waals surface area (Å²) >= 11 is 0. The van der Waals surface area contributed by atoms with E-state index in [0.717, 1.165) is 43.4 Å². The highest BCUT2D eigenvalue weighted by molar-refractivity contribution is 5.53. The summed E-state index contributed by atoms with van der Waals surface area (Å²) in [5, 5.41) is 0. The summed E-state index contributed by atoms with van der Waals surface area (Å²) in [6.07, 6.45) is 9.52. The van der Waals surface area contributed by atoms with E-state index < -0.39 is 11.7 Å². The van der Waals surface area contributed by atoms with Gasteiger partial charge in [-0.05, 0) is 69.2 Å². The fourth-order valence-corrected chi connectivity index (χ4v) is 3.20. The SMILES string of the molecule is C\C=C/C(=C\C(=C\CC)C(F)(F)F)C(/C=C1/CCCCCN1C)=C(C)CC. The monoisotopic (exact) mass is 381 g/mol. The van der Waals surface area contributed by atoms with E-state index in [9.17, 15) is 13.2 Å². The Balaban J connectivity index is 3.53. The Labute approximate surface area is 163 Å². The number of nitrogens with zero attached hydrogens (tertiary/aromatic N) is 1. The zero-order chi connectivity index (χ0) is 20.4. The molecular weight excluding hydrogens is 347 g/mol. The zero-order valence-corrected chi connectivity index (χ0v) is 17.4. The van der Waals surface area contributed by atoms with Crippen LogP contribution in [0.3, 0.4) is 0 Å². The normalized spacial score (nSPS) is 20.3. The van der Waals surface area contributed by atoms with Crippen LogP contribution in [0.1, 0.15) is 66.2 Å². The van der Waals surface area contributed by atoms with E-state index in [1.54, 1.807) is 13.0 Å². The number of alkyl halides is 3. The maximum atomic E-state index is 13.5. The maximum Gasteiger partial charge on any atom is 0.416 e. The van der Waals surface area contributed by atoms with Crippen LogP contribution in [0.4, 0.5) is 13.2 Å². The van der Waals surface area contributed by atoms with Crippen molar-refractivity contribution in [2.45, 2.75) is 72.4 Å². The molecule has 0 radical (unpaired) electrons. The molecule has 1 saturated heterocycles. The van der Waals surface area contributed by atoms with Crippen LogP contribution >= 0.6 is 0 Å². The molecule has 0 saturated carbocycles. The Hall–Kier alpha value is -1.71. The van der Waals surface area contributed by atoms with Crippen LogP contribution in [0, 0.1) is 0 Å². The molecule has 1 fully saturated rings. The van der Waals surface area contributed by atoms with Gasteiger partial charge in [-0.3, -0.25) is 0 Å². The van der Waals surface area contributed by atoms with Crippen LogP contribution in [0.25, 0.3) is 0 Å². The van der Waals surface area contributed by atoms with E-state index in [2.05, 4.69) is 18.0 Å². The minimum absolute atomic E-state index is 0.351. The first kappa shape index (κ1) is 23.3. The number of hydrogen-bond donors (Lipinski definition) is 0. The highest BCUT2D eigenvalue weighted by Crippen LogP contribution is 2.32. The first-order chi connectivity index (χ1) is 12.7. The molecule has 0 unspecified atom stereocenters. The molecule has 1 heterocycles. The van der Waals surface area contributed by atoms with Crippen molar-refractivity contribution in [3.8, 4) is 0 Å². The Kier molecular flexibility index (Phi) is 9.68. The van der Waals surface area contributed by atoms with Crippen molar-refractivity contribution < 1.29 is 13.2 Å². The standard InChI is InChI=1S/C23H34F3N/c1-6-12-19(16-20(13-7-2)23(24,25)26)22(18(4)8-3)17-21-14-10-9-11-15-27(21)5/h6,12-13,16-17H,7-11,14-15H2,1-5H3/b12-6-,19-16+,20-13-,21-17-,22-18?. The molecule has 1 aliphatic rings. The van der Waals surface area contributed by atoms with Crippen LogP contribution in [0.5, 0.6) is 0 Å². The van der Waals surface area contributed by atoms with E-state index in [-0.39, 0.29) is 0 Å². The van der Waals surface area contributed by atoms with Crippen LogP contribution in [0.2, 0.25) is 0 Å². The first-order valence-electron chi connectivity index (χ1n) is 9.98. The lowest BCUT2D eigenvalue weighted by Gasteiger charge is -2.21. The predicted molar refractivity (Wildman–Crippen MR) is 109 cm³/mol. The Bertz CT molecular complexity index is 630. The summed E-state index contributed by atoms with van der Waals surface area (Å²) in [5.41, 5.74) is 3.26. The van der Waals surface area contributed by atoms with E-state index in [1.807, 2.05) is 26.8 Å². The topological polar surface area (TPSA) is 3.24 Å². The summed E-state index contributed by atoms with van der Waals surface area (Å²) in [6, 6.07) is 0. The quantitative estimate of drug-likeness (QED) is 0.430. The van der Waals surface area contributed by atoms with E-state index in [1.165, 1.54) is 24.3 Å². The Morgan fingerprint density at radius 3 is 2.41 bits per heavy atom. The Morgan fingerprint density at radius 1 is 1.15 bits per heavy atom. The molecule has 0 N–H and O–H groups in total. The molecule has 0 aromatic heterocycles. The van der Waals surface area contributed by atoms with Gasteiger partial charge >= 0.3 is 6.18 Å². The number of rotatable bonds is 6. The summed E-state index contributed by atoms with van der Waals surface area (Å²) < 4.78 is 40.4. The van der Waals surface area contributed by atoms with Gasteiger partial charge in [-0.25, -0.2) is 0 Å². The third-order valence-electron chi connectivity index (χ3n) is 4.94. The lowest BCUT2D eigenvalue weighted by atomic mass is 9.94. The third kappa shape index (κ3) is 7.43. The number of allylic oxidation sites excluding steroid dienone is 10. The summed E-state index contributed by atoms with van der Waals surface area (Å²) in [7, 11) is 2.08. The van der Waals surface area contributed by atoms with E-state index in [4.69, 9.17) is 0 Å². The smallest absolute Gasteiger partial charge is 0.378 e. The molecule has 0 spiro atoms. The van der Waals surface area contributed by atoms with E-state index in [0.29, 0.717) is 12.0 Å².